The third-order valence-electron chi connectivity index (χ3n) is 4.25. The summed E-state index contributed by atoms with van der Waals surface area (Å²) in [6.45, 7) is 3.50. The highest BCUT2D eigenvalue weighted by Crippen LogP contribution is 2.22. The standard InChI is InChI=1S/C14H26N2O2/c15-8-5-12-6-9-16(10-7-12)14(17)4-3-13-2-1-11-18-13/h12-13H,1-11,15H2. The van der Waals surface area contributed by atoms with Crippen molar-refractivity contribution in [3.8, 4) is 0 Å². The van der Waals surface area contributed by atoms with Gasteiger partial charge in [0.2, 0.25) is 5.91 Å². The summed E-state index contributed by atoms with van der Waals surface area (Å²) in [7, 11) is 0. The van der Waals surface area contributed by atoms with Gasteiger partial charge >= 0.3 is 0 Å². The van der Waals surface area contributed by atoms with Crippen molar-refractivity contribution in [3.63, 3.8) is 0 Å². The second-order valence-electron chi connectivity index (χ2n) is 5.58. The summed E-state index contributed by atoms with van der Waals surface area (Å²) in [5.41, 5.74) is 5.58. The Labute approximate surface area is 110 Å². The minimum atomic E-state index is 0.316. The van der Waals surface area contributed by atoms with Gasteiger partial charge in [0.1, 0.15) is 0 Å². The van der Waals surface area contributed by atoms with E-state index in [2.05, 4.69) is 0 Å². The lowest BCUT2D eigenvalue weighted by Crippen LogP contribution is -2.39. The maximum absolute atomic E-state index is 12.1. The van der Waals surface area contributed by atoms with Gasteiger partial charge in [0.15, 0.2) is 0 Å². The molecule has 1 amide bonds. The Morgan fingerprint density at radius 2 is 2.00 bits per heavy atom. The van der Waals surface area contributed by atoms with Crippen LogP contribution in [-0.4, -0.2) is 43.2 Å². The van der Waals surface area contributed by atoms with Crippen molar-refractivity contribution >= 4 is 5.91 Å². The highest BCUT2D eigenvalue weighted by atomic mass is 16.5. The third kappa shape index (κ3) is 3.95. The van der Waals surface area contributed by atoms with Crippen molar-refractivity contribution < 1.29 is 9.53 Å². The summed E-state index contributed by atoms with van der Waals surface area (Å²) in [5.74, 6) is 1.05. The topological polar surface area (TPSA) is 55.6 Å². The van der Waals surface area contributed by atoms with E-state index in [0.717, 1.165) is 70.7 Å². The average Bonchev–Trinajstić information content (AvgIpc) is 2.90. The average molecular weight is 254 g/mol. The molecule has 2 heterocycles. The Hall–Kier alpha value is -0.610. The molecule has 0 aromatic heterocycles. The SMILES string of the molecule is NCCC1CCN(C(=O)CCC2CCCO2)CC1. The number of likely N-dealkylation sites (tertiary alicyclic amines) is 1. The van der Waals surface area contributed by atoms with Crippen LogP contribution in [0.5, 0.6) is 0 Å². The number of piperidine rings is 1. The van der Waals surface area contributed by atoms with Crippen LogP contribution in [-0.2, 0) is 9.53 Å². The lowest BCUT2D eigenvalue weighted by atomic mass is 9.93. The monoisotopic (exact) mass is 254 g/mol. The predicted molar refractivity (Wildman–Crippen MR) is 71.2 cm³/mol. The number of hydrogen-bond donors (Lipinski definition) is 1. The lowest BCUT2D eigenvalue weighted by molar-refractivity contribution is -0.133. The van der Waals surface area contributed by atoms with Crippen LogP contribution in [0, 0.1) is 5.92 Å². The zero-order valence-corrected chi connectivity index (χ0v) is 11.3. The van der Waals surface area contributed by atoms with E-state index in [0.29, 0.717) is 18.4 Å². The molecule has 104 valence electrons. The van der Waals surface area contributed by atoms with E-state index in [1.165, 1.54) is 0 Å². The second kappa shape index (κ2) is 7.10. The van der Waals surface area contributed by atoms with Crippen LogP contribution < -0.4 is 5.73 Å². The molecule has 1 atom stereocenters. The number of amides is 1. The van der Waals surface area contributed by atoms with Gasteiger partial charge in [-0.25, -0.2) is 0 Å². The Morgan fingerprint density at radius 3 is 2.61 bits per heavy atom. The van der Waals surface area contributed by atoms with E-state index >= 15 is 0 Å². The first kappa shape index (κ1) is 13.8. The molecule has 2 saturated heterocycles. The summed E-state index contributed by atoms with van der Waals surface area (Å²) in [5, 5.41) is 0. The van der Waals surface area contributed by atoms with Gasteiger partial charge in [0.25, 0.3) is 0 Å². The fraction of sp³-hybridized carbons (Fsp3) is 0.929. The van der Waals surface area contributed by atoms with E-state index in [1.54, 1.807) is 0 Å². The van der Waals surface area contributed by atoms with Gasteiger partial charge in [0, 0.05) is 26.1 Å². The predicted octanol–water partition coefficient (Wildman–Crippen LogP) is 1.53. The Balaban J connectivity index is 1.64. The van der Waals surface area contributed by atoms with Crippen molar-refractivity contribution in [1.82, 2.24) is 4.90 Å². The number of carbonyl (C=O) groups excluding carboxylic acids is 1. The highest BCUT2D eigenvalue weighted by Gasteiger charge is 2.23. The Morgan fingerprint density at radius 1 is 1.22 bits per heavy atom. The van der Waals surface area contributed by atoms with Crippen molar-refractivity contribution in [2.45, 2.75) is 51.0 Å². The van der Waals surface area contributed by atoms with Crippen LogP contribution in [0.3, 0.4) is 0 Å². The van der Waals surface area contributed by atoms with Gasteiger partial charge in [-0.3, -0.25) is 4.79 Å². The number of rotatable bonds is 5. The molecule has 4 nitrogen and oxygen atoms in total. The molecular formula is C14H26N2O2. The zero-order valence-electron chi connectivity index (χ0n) is 11.3. The van der Waals surface area contributed by atoms with E-state index in [9.17, 15) is 4.79 Å². The molecule has 0 aromatic carbocycles. The number of ether oxygens (including phenoxy) is 1. The summed E-state index contributed by atoms with van der Waals surface area (Å²) >= 11 is 0. The molecule has 2 fully saturated rings. The zero-order chi connectivity index (χ0) is 12.8. The molecular weight excluding hydrogens is 228 g/mol. The van der Waals surface area contributed by atoms with Gasteiger partial charge in [-0.05, 0) is 51.0 Å². The van der Waals surface area contributed by atoms with E-state index in [-0.39, 0.29) is 0 Å². The van der Waals surface area contributed by atoms with Crippen molar-refractivity contribution in [3.05, 3.63) is 0 Å². The minimum absolute atomic E-state index is 0.316. The summed E-state index contributed by atoms with van der Waals surface area (Å²) in [4.78, 5) is 14.1. The van der Waals surface area contributed by atoms with Crippen molar-refractivity contribution in [1.29, 1.82) is 0 Å². The fourth-order valence-electron chi connectivity index (χ4n) is 3.02. The number of hydrogen-bond acceptors (Lipinski definition) is 3. The number of carbonyl (C=O) groups is 1. The molecule has 0 radical (unpaired) electrons. The fourth-order valence-corrected chi connectivity index (χ4v) is 3.02. The Kier molecular flexibility index (Phi) is 5.45. The molecule has 18 heavy (non-hydrogen) atoms. The first-order chi connectivity index (χ1) is 8.79. The quantitative estimate of drug-likeness (QED) is 0.809. The Bertz CT molecular complexity index is 257. The minimum Gasteiger partial charge on any atom is -0.378 e. The van der Waals surface area contributed by atoms with E-state index < -0.39 is 0 Å². The molecule has 0 aromatic rings. The lowest BCUT2D eigenvalue weighted by Gasteiger charge is -2.32. The molecule has 0 bridgehead atoms. The van der Waals surface area contributed by atoms with Gasteiger partial charge in [-0.15, -0.1) is 0 Å². The highest BCUT2D eigenvalue weighted by molar-refractivity contribution is 5.76. The first-order valence-corrected chi connectivity index (χ1v) is 7.39. The van der Waals surface area contributed by atoms with Crippen LogP contribution in [0.25, 0.3) is 0 Å². The van der Waals surface area contributed by atoms with Gasteiger partial charge in [0.05, 0.1) is 6.10 Å². The second-order valence-corrected chi connectivity index (χ2v) is 5.58. The first-order valence-electron chi connectivity index (χ1n) is 7.39. The summed E-state index contributed by atoms with van der Waals surface area (Å²) in [6, 6.07) is 0. The van der Waals surface area contributed by atoms with Crippen molar-refractivity contribution in [2.75, 3.05) is 26.2 Å². The van der Waals surface area contributed by atoms with Crippen LogP contribution in [0.2, 0.25) is 0 Å². The van der Waals surface area contributed by atoms with Crippen LogP contribution in [0.4, 0.5) is 0 Å². The van der Waals surface area contributed by atoms with Crippen LogP contribution in [0.1, 0.15) is 44.9 Å². The normalized spacial score (nSPS) is 25.6. The van der Waals surface area contributed by atoms with Crippen molar-refractivity contribution in [2.24, 2.45) is 11.7 Å². The molecule has 2 aliphatic heterocycles. The molecule has 2 aliphatic rings. The molecule has 0 saturated carbocycles. The molecule has 0 spiro atoms. The summed E-state index contributed by atoms with van der Waals surface area (Å²) < 4.78 is 5.56. The smallest absolute Gasteiger partial charge is 0.222 e. The summed E-state index contributed by atoms with van der Waals surface area (Å²) in [6.07, 6.45) is 7.55. The molecule has 2 rings (SSSR count). The van der Waals surface area contributed by atoms with Crippen LogP contribution >= 0.6 is 0 Å². The van der Waals surface area contributed by atoms with E-state index in [1.807, 2.05) is 4.90 Å². The van der Waals surface area contributed by atoms with Gasteiger partial charge < -0.3 is 15.4 Å². The molecule has 1 unspecified atom stereocenters. The van der Waals surface area contributed by atoms with Gasteiger partial charge in [-0.1, -0.05) is 0 Å². The molecule has 0 aliphatic carbocycles. The third-order valence-corrected chi connectivity index (χ3v) is 4.25. The number of nitrogens with two attached hydrogens (primary N) is 1. The maximum Gasteiger partial charge on any atom is 0.222 e. The molecule has 2 N–H and O–H groups in total. The van der Waals surface area contributed by atoms with Crippen LogP contribution in [0.15, 0.2) is 0 Å². The maximum atomic E-state index is 12.1. The van der Waals surface area contributed by atoms with Gasteiger partial charge in [-0.2, -0.15) is 0 Å². The molecule has 4 heteroatoms. The van der Waals surface area contributed by atoms with E-state index in [4.69, 9.17) is 10.5 Å². The number of nitrogens with zero attached hydrogens (tertiary/aromatic N) is 1. The largest absolute Gasteiger partial charge is 0.378 e.